The molecule has 1 aromatic rings. The summed E-state index contributed by atoms with van der Waals surface area (Å²) >= 11 is 0. The van der Waals surface area contributed by atoms with Gasteiger partial charge in [0.2, 0.25) is 0 Å². The quantitative estimate of drug-likeness (QED) is 0.505. The van der Waals surface area contributed by atoms with E-state index in [2.05, 4.69) is 0 Å². The minimum Gasteiger partial charge on any atom is -0.319 e. The molecule has 0 N–H and O–H groups in total. The first-order valence-corrected chi connectivity index (χ1v) is 9.75. The molecule has 0 saturated heterocycles. The van der Waals surface area contributed by atoms with Crippen LogP contribution in [0.4, 0.5) is 0 Å². The van der Waals surface area contributed by atoms with Gasteiger partial charge < -0.3 is 4.52 Å². The summed E-state index contributed by atoms with van der Waals surface area (Å²) < 4.78 is 19.4. The number of hydrogen-bond donors (Lipinski definition) is 0. The van der Waals surface area contributed by atoms with E-state index in [0.29, 0.717) is 0 Å². The fourth-order valence-electron chi connectivity index (χ4n) is 2.61. The van der Waals surface area contributed by atoms with Crippen molar-refractivity contribution in [2.45, 2.75) is 45.1 Å². The van der Waals surface area contributed by atoms with Crippen molar-refractivity contribution in [2.75, 3.05) is 0 Å². The van der Waals surface area contributed by atoms with E-state index < -0.39 is 7.37 Å². The molecule has 0 aromatic heterocycles. The SMILES string of the molecule is C\C=C/C=C\C=C\P(=O)(OC1CCCCC1)c1ccccc1. The van der Waals surface area contributed by atoms with E-state index >= 15 is 0 Å². The van der Waals surface area contributed by atoms with Crippen LogP contribution in [0.3, 0.4) is 0 Å². The second-order valence-corrected chi connectivity index (χ2v) is 7.77. The van der Waals surface area contributed by atoms with Crippen molar-refractivity contribution in [3.8, 4) is 0 Å². The lowest BCUT2D eigenvalue weighted by Crippen LogP contribution is -2.18. The third kappa shape index (κ3) is 5.12. The molecule has 0 radical (unpaired) electrons. The highest BCUT2D eigenvalue weighted by Gasteiger charge is 2.27. The molecular weight excluding hydrogens is 291 g/mol. The fraction of sp³-hybridized carbons (Fsp3) is 0.368. The van der Waals surface area contributed by atoms with Gasteiger partial charge in [-0.1, -0.05) is 67.8 Å². The lowest BCUT2D eigenvalue weighted by Gasteiger charge is -2.26. The van der Waals surface area contributed by atoms with Crippen molar-refractivity contribution < 1.29 is 9.09 Å². The maximum atomic E-state index is 13.4. The van der Waals surface area contributed by atoms with Crippen LogP contribution in [0.25, 0.3) is 0 Å². The minimum absolute atomic E-state index is 0.115. The normalized spacial score (nSPS) is 20.0. The Balaban J connectivity index is 2.18. The van der Waals surface area contributed by atoms with Gasteiger partial charge in [0.1, 0.15) is 0 Å². The van der Waals surface area contributed by atoms with Crippen molar-refractivity contribution in [1.29, 1.82) is 0 Å². The summed E-state index contributed by atoms with van der Waals surface area (Å²) in [6.07, 6.45) is 15.3. The lowest BCUT2D eigenvalue weighted by molar-refractivity contribution is 0.164. The number of hydrogen-bond acceptors (Lipinski definition) is 2. The zero-order valence-corrected chi connectivity index (χ0v) is 14.1. The Labute approximate surface area is 134 Å². The van der Waals surface area contributed by atoms with Gasteiger partial charge in [0.05, 0.1) is 6.10 Å². The standard InChI is InChI=1S/C19H25O2P/c1-2-3-4-5-12-17-22(20,19-15-10-7-11-16-19)21-18-13-8-6-9-14-18/h2-5,7,10-12,15-18H,6,8-9,13-14H2,1H3/b3-2-,5-4-,17-12+. The Hall–Kier alpha value is -1.37. The van der Waals surface area contributed by atoms with Crippen molar-refractivity contribution >= 4 is 12.7 Å². The van der Waals surface area contributed by atoms with Crippen molar-refractivity contribution in [2.24, 2.45) is 0 Å². The molecule has 22 heavy (non-hydrogen) atoms. The van der Waals surface area contributed by atoms with E-state index in [-0.39, 0.29) is 6.10 Å². The van der Waals surface area contributed by atoms with Crippen LogP contribution in [-0.2, 0) is 9.09 Å². The lowest BCUT2D eigenvalue weighted by atomic mass is 9.98. The topological polar surface area (TPSA) is 26.3 Å². The van der Waals surface area contributed by atoms with Gasteiger partial charge >= 0.3 is 0 Å². The molecule has 3 heteroatoms. The summed E-state index contributed by atoms with van der Waals surface area (Å²) in [4.78, 5) is 0. The maximum Gasteiger partial charge on any atom is 0.254 e. The molecule has 0 spiro atoms. The Kier molecular flexibility index (Phi) is 6.89. The van der Waals surface area contributed by atoms with Gasteiger partial charge in [-0.2, -0.15) is 0 Å². The first-order valence-electron chi connectivity index (χ1n) is 8.05. The van der Waals surface area contributed by atoms with Crippen LogP contribution in [-0.4, -0.2) is 6.10 Å². The number of benzene rings is 1. The third-order valence-corrected chi connectivity index (χ3v) is 5.98. The Morgan fingerprint density at radius 2 is 1.68 bits per heavy atom. The van der Waals surface area contributed by atoms with Crippen LogP contribution in [0.15, 0.2) is 66.5 Å². The Morgan fingerprint density at radius 1 is 1.00 bits per heavy atom. The third-order valence-electron chi connectivity index (χ3n) is 3.78. The van der Waals surface area contributed by atoms with Gasteiger partial charge in [-0.15, -0.1) is 0 Å². The molecule has 0 aliphatic heterocycles. The number of rotatable bonds is 6. The second kappa shape index (κ2) is 8.92. The molecule has 0 bridgehead atoms. The van der Waals surface area contributed by atoms with Crippen molar-refractivity contribution in [3.05, 3.63) is 66.5 Å². The zero-order valence-electron chi connectivity index (χ0n) is 13.2. The molecule has 2 rings (SSSR count). The highest BCUT2D eigenvalue weighted by atomic mass is 31.2. The highest BCUT2D eigenvalue weighted by Crippen LogP contribution is 2.50. The summed E-state index contributed by atoms with van der Waals surface area (Å²) in [6.45, 7) is 1.97. The van der Waals surface area contributed by atoms with E-state index in [0.717, 1.165) is 18.1 Å². The van der Waals surface area contributed by atoms with Crippen LogP contribution in [0.5, 0.6) is 0 Å². The van der Waals surface area contributed by atoms with Crippen LogP contribution < -0.4 is 5.30 Å². The molecule has 1 aromatic carbocycles. The molecule has 2 nitrogen and oxygen atoms in total. The smallest absolute Gasteiger partial charge is 0.254 e. The summed E-state index contributed by atoms with van der Waals surface area (Å²) in [5.74, 6) is 1.73. The van der Waals surface area contributed by atoms with E-state index in [4.69, 9.17) is 4.52 Å². The molecule has 118 valence electrons. The van der Waals surface area contributed by atoms with E-state index in [1.165, 1.54) is 19.3 Å². The van der Waals surface area contributed by atoms with E-state index in [9.17, 15) is 4.57 Å². The molecule has 1 saturated carbocycles. The van der Waals surface area contributed by atoms with Gasteiger partial charge in [-0.25, -0.2) is 0 Å². The average molecular weight is 316 g/mol. The van der Waals surface area contributed by atoms with Gasteiger partial charge in [0.25, 0.3) is 7.37 Å². The van der Waals surface area contributed by atoms with Gasteiger partial charge in [0, 0.05) is 11.1 Å². The Morgan fingerprint density at radius 3 is 2.36 bits per heavy atom. The minimum atomic E-state index is -2.94. The molecule has 0 amide bonds. The molecule has 0 heterocycles. The fourth-order valence-corrected chi connectivity index (χ4v) is 4.54. The maximum absolute atomic E-state index is 13.4. The molecule has 1 atom stereocenters. The van der Waals surface area contributed by atoms with Crippen LogP contribution in [0.1, 0.15) is 39.0 Å². The predicted molar refractivity (Wildman–Crippen MR) is 94.7 cm³/mol. The molecule has 1 fully saturated rings. The number of allylic oxidation sites excluding steroid dienone is 5. The average Bonchev–Trinajstić information content (AvgIpc) is 2.56. The van der Waals surface area contributed by atoms with Gasteiger partial charge in [-0.05, 0) is 31.9 Å². The summed E-state index contributed by atoms with van der Waals surface area (Å²) in [5, 5.41) is 0.774. The monoisotopic (exact) mass is 316 g/mol. The van der Waals surface area contributed by atoms with Gasteiger partial charge in [0.15, 0.2) is 0 Å². The van der Waals surface area contributed by atoms with Crippen molar-refractivity contribution in [1.82, 2.24) is 0 Å². The second-order valence-electron chi connectivity index (χ2n) is 5.55. The van der Waals surface area contributed by atoms with E-state index in [1.807, 2.05) is 67.6 Å². The first kappa shape index (κ1) is 17.0. The Bertz CT molecular complexity index is 566. The predicted octanol–water partition coefficient (Wildman–Crippen LogP) is 5.59. The summed E-state index contributed by atoms with van der Waals surface area (Å²) in [5.41, 5.74) is 0. The highest BCUT2D eigenvalue weighted by molar-refractivity contribution is 7.70. The van der Waals surface area contributed by atoms with Crippen LogP contribution >= 0.6 is 7.37 Å². The van der Waals surface area contributed by atoms with Crippen LogP contribution in [0.2, 0.25) is 0 Å². The van der Waals surface area contributed by atoms with Crippen LogP contribution in [0, 0.1) is 0 Å². The van der Waals surface area contributed by atoms with Gasteiger partial charge in [-0.3, -0.25) is 4.57 Å². The largest absolute Gasteiger partial charge is 0.319 e. The first-order chi connectivity index (χ1) is 10.7. The molecule has 1 unspecified atom stereocenters. The summed E-state index contributed by atoms with van der Waals surface area (Å²) in [6, 6.07) is 9.54. The molecule has 1 aliphatic carbocycles. The summed E-state index contributed by atoms with van der Waals surface area (Å²) in [7, 11) is -2.94. The molecule has 1 aliphatic rings. The van der Waals surface area contributed by atoms with E-state index in [1.54, 1.807) is 5.82 Å². The molecular formula is C19H25O2P. The van der Waals surface area contributed by atoms with Crippen molar-refractivity contribution in [3.63, 3.8) is 0 Å². The zero-order chi connectivity index (χ0) is 15.7.